The number of hydrogen-bond donors (Lipinski definition) is 0. The van der Waals surface area contributed by atoms with Crippen molar-refractivity contribution in [3.8, 4) is 0 Å². The van der Waals surface area contributed by atoms with Gasteiger partial charge in [0.05, 0.1) is 24.2 Å². The van der Waals surface area contributed by atoms with Gasteiger partial charge in [-0.1, -0.05) is 171 Å². The summed E-state index contributed by atoms with van der Waals surface area (Å²) >= 11 is 0. The van der Waals surface area contributed by atoms with Gasteiger partial charge in [0.15, 0.2) is 0 Å². The highest BCUT2D eigenvalue weighted by Gasteiger charge is 2.35. The zero-order valence-corrected chi connectivity index (χ0v) is 26.3. The van der Waals surface area contributed by atoms with Gasteiger partial charge in [0.25, 0.3) is 0 Å². The molecule has 0 aliphatic heterocycles. The van der Waals surface area contributed by atoms with E-state index < -0.39 is 24.2 Å². The highest BCUT2D eigenvalue weighted by molar-refractivity contribution is 6.89. The van der Waals surface area contributed by atoms with Crippen LogP contribution in [-0.4, -0.2) is 24.2 Å². The Balaban J connectivity index is 6.82. The van der Waals surface area contributed by atoms with E-state index in [1.807, 2.05) is 0 Å². The summed E-state index contributed by atoms with van der Waals surface area (Å²) in [5, 5.41) is 3.60. The van der Waals surface area contributed by atoms with Gasteiger partial charge in [0, 0.05) is 0 Å². The molecule has 0 bridgehead atoms. The van der Waals surface area contributed by atoms with Crippen LogP contribution in [0, 0.1) is 0 Å². The highest BCUT2D eigenvalue weighted by Crippen LogP contribution is 2.36. The van der Waals surface area contributed by atoms with Gasteiger partial charge in [0.2, 0.25) is 0 Å². The number of hydrogen-bond acceptors (Lipinski definition) is 0. The lowest BCUT2D eigenvalue weighted by atomic mass is 10.2. The van der Waals surface area contributed by atoms with Crippen molar-refractivity contribution >= 4 is 24.2 Å². The fraction of sp³-hybridized carbons (Fsp3) is 0.786. The molecule has 0 N–H and O–H groups in total. The monoisotopic (exact) mass is 478 g/mol. The lowest BCUT2D eigenvalue weighted by Gasteiger charge is -2.35. The van der Waals surface area contributed by atoms with Gasteiger partial charge < -0.3 is 0 Å². The molecule has 0 radical (unpaired) electrons. The van der Waals surface area contributed by atoms with Gasteiger partial charge in [0.1, 0.15) is 0 Å². The second-order valence-corrected chi connectivity index (χ2v) is 25.5. The number of rotatable bonds is 17. The molecule has 0 aliphatic carbocycles. The Morgan fingerprint density at radius 3 is 1.32 bits per heavy atom. The van der Waals surface area contributed by atoms with Gasteiger partial charge in [-0.15, -0.1) is 0 Å². The first-order valence-corrected chi connectivity index (χ1v) is 21.9. The van der Waals surface area contributed by atoms with E-state index in [0.717, 1.165) is 0 Å². The van der Waals surface area contributed by atoms with Crippen molar-refractivity contribution in [1.29, 1.82) is 0 Å². The maximum absolute atomic E-state index is 2.80. The Morgan fingerprint density at radius 1 is 0.548 bits per heavy atom. The summed E-state index contributed by atoms with van der Waals surface area (Å²) in [6.45, 7) is 24.5. The minimum Gasteiger partial charge on any atom is -0.0943 e. The average Bonchev–Trinajstić information content (AvgIpc) is 2.82. The van der Waals surface area contributed by atoms with Crippen LogP contribution in [0.3, 0.4) is 0 Å². The van der Waals surface area contributed by atoms with Crippen LogP contribution >= 0.6 is 0 Å². The van der Waals surface area contributed by atoms with Gasteiger partial charge in [-0.25, -0.2) is 0 Å². The number of unbranched alkanes of at least 4 members (excludes halogenated alkanes) is 2. The molecule has 0 unspecified atom stereocenters. The van der Waals surface area contributed by atoms with E-state index in [0.29, 0.717) is 0 Å². The summed E-state index contributed by atoms with van der Waals surface area (Å²) < 4.78 is 0. The lowest BCUT2D eigenvalue weighted by Crippen LogP contribution is -2.38. The molecule has 0 fully saturated rings. The molecule has 0 aromatic rings. The van der Waals surface area contributed by atoms with Crippen molar-refractivity contribution < 1.29 is 0 Å². The molecule has 31 heavy (non-hydrogen) atoms. The molecule has 0 heterocycles. The van der Waals surface area contributed by atoms with Crippen LogP contribution in [-0.2, 0) is 0 Å². The zero-order valence-electron chi connectivity index (χ0n) is 23.3. The molecule has 3 heteroatoms. The summed E-state index contributed by atoms with van der Waals surface area (Å²) in [4.78, 5) is 0. The first-order chi connectivity index (χ1) is 14.8. The lowest BCUT2D eigenvalue weighted by molar-refractivity contribution is 0.813. The molecule has 0 aliphatic rings. The summed E-state index contributed by atoms with van der Waals surface area (Å²) in [5.41, 5.74) is 2.78. The van der Waals surface area contributed by atoms with Crippen molar-refractivity contribution in [3.05, 3.63) is 34.3 Å². The van der Waals surface area contributed by atoms with Crippen LogP contribution in [0.25, 0.3) is 0 Å². The van der Waals surface area contributed by atoms with Crippen LogP contribution in [0.1, 0.15) is 88.5 Å². The van der Waals surface area contributed by atoms with E-state index in [1.54, 1.807) is 10.4 Å². The predicted molar refractivity (Wildman–Crippen MR) is 156 cm³/mol. The third-order valence-electron chi connectivity index (χ3n) is 9.25. The third-order valence-corrected chi connectivity index (χ3v) is 25.6. The largest absolute Gasteiger partial charge is 0.0943 e. The summed E-state index contributed by atoms with van der Waals surface area (Å²) in [6, 6.07) is 12.5. The average molecular weight is 479 g/mol. The Bertz CT molecular complexity index is 534. The van der Waals surface area contributed by atoms with E-state index in [1.165, 1.54) is 73.7 Å². The molecule has 0 amide bonds. The van der Waals surface area contributed by atoms with Gasteiger partial charge in [-0.3, -0.25) is 0 Å². The Morgan fingerprint density at radius 2 is 0.968 bits per heavy atom. The highest BCUT2D eigenvalue weighted by atomic mass is 28.3. The molecule has 0 nitrogen and oxygen atoms in total. The SMILES string of the molecule is CCCC/C=C(/C=C(/C=C/[Si](CC)(CC)CC)[Si](CC)(CC)CC)[Si](CC)(CC)CC. The van der Waals surface area contributed by atoms with Crippen molar-refractivity contribution in [2.75, 3.05) is 0 Å². The molecule has 0 aromatic heterocycles. The third kappa shape index (κ3) is 8.00. The first-order valence-electron chi connectivity index (χ1n) is 13.9. The van der Waals surface area contributed by atoms with Gasteiger partial charge in [-0.05, 0) is 6.42 Å². The maximum Gasteiger partial charge on any atom is 0.0858 e. The van der Waals surface area contributed by atoms with Gasteiger partial charge in [-0.2, -0.15) is 0 Å². The number of allylic oxidation sites excluding steroid dienone is 5. The summed E-state index contributed by atoms with van der Waals surface area (Å²) in [5.74, 6) is 0. The molecule has 182 valence electrons. The van der Waals surface area contributed by atoms with E-state index in [4.69, 9.17) is 0 Å². The van der Waals surface area contributed by atoms with Crippen LogP contribution in [0.2, 0.25) is 54.4 Å². The van der Waals surface area contributed by atoms with Gasteiger partial charge >= 0.3 is 0 Å². The second kappa shape index (κ2) is 15.7. The molecule has 0 spiro atoms. The predicted octanol–water partition coefficient (Wildman–Crippen LogP) is 10.7. The van der Waals surface area contributed by atoms with E-state index in [-0.39, 0.29) is 0 Å². The Hall–Kier alpha value is -0.129. The van der Waals surface area contributed by atoms with Crippen LogP contribution in [0.4, 0.5) is 0 Å². The molecule has 0 atom stereocenters. The fourth-order valence-corrected chi connectivity index (χ4v) is 16.0. The second-order valence-electron chi connectivity index (χ2n) is 9.84. The minimum atomic E-state index is -1.43. The molecule has 0 aromatic carbocycles. The molecule has 0 saturated heterocycles. The van der Waals surface area contributed by atoms with Crippen molar-refractivity contribution in [3.63, 3.8) is 0 Å². The van der Waals surface area contributed by atoms with Crippen molar-refractivity contribution in [2.24, 2.45) is 0 Å². The zero-order chi connectivity index (χ0) is 24.0. The van der Waals surface area contributed by atoms with Crippen LogP contribution in [0.15, 0.2) is 34.3 Å². The Kier molecular flexibility index (Phi) is 15.6. The molecule has 0 saturated carbocycles. The molecular weight excluding hydrogens is 421 g/mol. The van der Waals surface area contributed by atoms with E-state index in [2.05, 4.69) is 93.2 Å². The Labute approximate surface area is 201 Å². The molecular formula is C28H58Si3. The van der Waals surface area contributed by atoms with E-state index >= 15 is 0 Å². The minimum absolute atomic E-state index is 1.26. The quantitative estimate of drug-likeness (QED) is 0.111. The molecule has 0 rings (SSSR count). The van der Waals surface area contributed by atoms with E-state index in [9.17, 15) is 0 Å². The maximum atomic E-state index is 2.80. The van der Waals surface area contributed by atoms with Crippen molar-refractivity contribution in [2.45, 2.75) is 143 Å². The summed E-state index contributed by atoms with van der Waals surface area (Å²) in [7, 11) is -4.08. The van der Waals surface area contributed by atoms with Crippen molar-refractivity contribution in [1.82, 2.24) is 0 Å². The topological polar surface area (TPSA) is 0 Å². The first kappa shape index (κ1) is 30.9. The summed E-state index contributed by atoms with van der Waals surface area (Å²) in [6.07, 6.45) is 12.1. The standard InChI is InChI=1S/C28H58Si3/c1-11-21-22-23-27(30(15-5,16-6)17-7)26-28(31(18-8,19-9)20-10)24-25-29(12-2,13-3)14-4/h23-26H,11-22H2,1-10H3/b25-24+,27-23-,28-26-. The fourth-order valence-electron chi connectivity index (χ4n) is 5.53. The van der Waals surface area contributed by atoms with Crippen LogP contribution in [0.5, 0.6) is 0 Å². The van der Waals surface area contributed by atoms with Crippen LogP contribution < -0.4 is 0 Å². The smallest absolute Gasteiger partial charge is 0.0858 e. The normalized spacial score (nSPS) is 14.6.